The summed E-state index contributed by atoms with van der Waals surface area (Å²) in [6.07, 6.45) is 2.36. The third-order valence-electron chi connectivity index (χ3n) is 2.44. The van der Waals surface area contributed by atoms with Gasteiger partial charge in [-0.2, -0.15) is 5.10 Å². The topological polar surface area (TPSA) is 44.1 Å². The summed E-state index contributed by atoms with van der Waals surface area (Å²) >= 11 is 0. The van der Waals surface area contributed by atoms with Crippen molar-refractivity contribution >= 4 is 6.29 Å². The molecule has 0 spiro atoms. The zero-order valence-electron chi connectivity index (χ0n) is 9.18. The van der Waals surface area contributed by atoms with E-state index >= 15 is 0 Å². The monoisotopic (exact) mass is 216 g/mol. The first kappa shape index (κ1) is 10.4. The van der Waals surface area contributed by atoms with Gasteiger partial charge in [0.15, 0.2) is 6.29 Å². The zero-order chi connectivity index (χ0) is 11.5. The van der Waals surface area contributed by atoms with Gasteiger partial charge in [-0.15, -0.1) is 0 Å². The Hall–Kier alpha value is -2.10. The molecule has 0 aliphatic rings. The Morgan fingerprint density at radius 2 is 2.25 bits per heavy atom. The van der Waals surface area contributed by atoms with Crippen molar-refractivity contribution in [3.8, 4) is 17.0 Å². The summed E-state index contributed by atoms with van der Waals surface area (Å²) in [5, 5.41) is 4.06. The van der Waals surface area contributed by atoms with Gasteiger partial charge in [0, 0.05) is 12.6 Å². The second-order valence-corrected chi connectivity index (χ2v) is 3.42. The minimum atomic E-state index is 0.579. The molecular weight excluding hydrogens is 204 g/mol. The van der Waals surface area contributed by atoms with Crippen molar-refractivity contribution in [1.29, 1.82) is 0 Å². The van der Waals surface area contributed by atoms with Gasteiger partial charge in [-0.3, -0.25) is 9.48 Å². The van der Waals surface area contributed by atoms with Crippen LogP contribution in [0.5, 0.6) is 5.75 Å². The van der Waals surface area contributed by atoms with Gasteiger partial charge in [-0.05, 0) is 12.1 Å². The highest BCUT2D eigenvalue weighted by atomic mass is 16.5. The van der Waals surface area contributed by atoms with Gasteiger partial charge in [-0.25, -0.2) is 0 Å². The molecule has 2 aromatic rings. The number of aryl methyl sites for hydroxylation is 1. The first-order chi connectivity index (χ1) is 7.76. The third kappa shape index (κ3) is 1.69. The molecule has 0 radical (unpaired) electrons. The van der Waals surface area contributed by atoms with Gasteiger partial charge < -0.3 is 4.74 Å². The molecule has 0 fully saturated rings. The van der Waals surface area contributed by atoms with E-state index in [9.17, 15) is 4.79 Å². The molecule has 0 unspecified atom stereocenters. The number of carbonyl (C=O) groups excluding carboxylic acids is 1. The standard InChI is InChI=1S/C12H12N2O2/c1-14-12(10(8-15)7-13-14)9-4-3-5-11(6-9)16-2/h3-8H,1-2H3. The molecule has 0 saturated heterocycles. The SMILES string of the molecule is COc1cccc(-c2c(C=O)cnn2C)c1. The minimum absolute atomic E-state index is 0.579. The fraction of sp³-hybridized carbons (Fsp3) is 0.167. The van der Waals surface area contributed by atoms with Crippen LogP contribution in [0.2, 0.25) is 0 Å². The molecule has 0 aliphatic heterocycles. The second kappa shape index (κ2) is 4.18. The average Bonchev–Trinajstić information content (AvgIpc) is 2.70. The average molecular weight is 216 g/mol. The lowest BCUT2D eigenvalue weighted by molar-refractivity contribution is 0.112. The maximum atomic E-state index is 10.9. The molecule has 0 aliphatic carbocycles. The molecule has 0 saturated carbocycles. The predicted octanol–water partition coefficient (Wildman–Crippen LogP) is 1.91. The quantitative estimate of drug-likeness (QED) is 0.736. The van der Waals surface area contributed by atoms with Gasteiger partial charge in [-0.1, -0.05) is 12.1 Å². The molecule has 2 rings (SSSR count). The smallest absolute Gasteiger partial charge is 0.153 e. The van der Waals surface area contributed by atoms with Crippen molar-refractivity contribution in [2.24, 2.45) is 7.05 Å². The van der Waals surface area contributed by atoms with E-state index in [2.05, 4.69) is 5.10 Å². The number of ether oxygens (including phenoxy) is 1. The number of hydrogen-bond donors (Lipinski definition) is 0. The maximum absolute atomic E-state index is 10.9. The van der Waals surface area contributed by atoms with Crippen LogP contribution in [0.3, 0.4) is 0 Å². The van der Waals surface area contributed by atoms with E-state index < -0.39 is 0 Å². The number of methoxy groups -OCH3 is 1. The summed E-state index contributed by atoms with van der Waals surface area (Å²) in [4.78, 5) is 10.9. The molecule has 0 atom stereocenters. The number of benzene rings is 1. The van der Waals surface area contributed by atoms with Gasteiger partial charge in [0.05, 0.1) is 24.6 Å². The first-order valence-electron chi connectivity index (χ1n) is 4.88. The van der Waals surface area contributed by atoms with Crippen molar-refractivity contribution in [1.82, 2.24) is 9.78 Å². The Kier molecular flexibility index (Phi) is 2.72. The molecule has 4 heteroatoms. The van der Waals surface area contributed by atoms with Crippen LogP contribution in [0.1, 0.15) is 10.4 Å². The summed E-state index contributed by atoms with van der Waals surface area (Å²) in [6.45, 7) is 0. The number of aromatic nitrogens is 2. The van der Waals surface area contributed by atoms with E-state index in [0.29, 0.717) is 5.56 Å². The van der Waals surface area contributed by atoms with Gasteiger partial charge in [0.2, 0.25) is 0 Å². The number of nitrogens with zero attached hydrogens (tertiary/aromatic N) is 2. The summed E-state index contributed by atoms with van der Waals surface area (Å²) in [5.74, 6) is 0.760. The van der Waals surface area contributed by atoms with Crippen molar-refractivity contribution in [2.75, 3.05) is 7.11 Å². The Bertz CT molecular complexity index is 517. The van der Waals surface area contributed by atoms with Crippen LogP contribution in [0.25, 0.3) is 11.3 Å². The Morgan fingerprint density at radius 1 is 1.44 bits per heavy atom. The van der Waals surface area contributed by atoms with E-state index in [4.69, 9.17) is 4.74 Å². The fourth-order valence-corrected chi connectivity index (χ4v) is 1.66. The van der Waals surface area contributed by atoms with E-state index in [0.717, 1.165) is 23.3 Å². The van der Waals surface area contributed by atoms with Crippen molar-refractivity contribution in [3.05, 3.63) is 36.0 Å². The van der Waals surface area contributed by atoms with Crippen LogP contribution in [-0.4, -0.2) is 23.2 Å². The maximum Gasteiger partial charge on any atom is 0.153 e. The summed E-state index contributed by atoms with van der Waals surface area (Å²) in [7, 11) is 3.42. The third-order valence-corrected chi connectivity index (χ3v) is 2.44. The lowest BCUT2D eigenvalue weighted by Crippen LogP contribution is -1.95. The second-order valence-electron chi connectivity index (χ2n) is 3.42. The van der Waals surface area contributed by atoms with E-state index in [1.165, 1.54) is 0 Å². The molecule has 4 nitrogen and oxygen atoms in total. The van der Waals surface area contributed by atoms with Crippen molar-refractivity contribution in [3.63, 3.8) is 0 Å². The van der Waals surface area contributed by atoms with Gasteiger partial charge >= 0.3 is 0 Å². The van der Waals surface area contributed by atoms with E-state index in [1.807, 2.05) is 31.3 Å². The van der Waals surface area contributed by atoms with Crippen LogP contribution in [0, 0.1) is 0 Å². The first-order valence-corrected chi connectivity index (χ1v) is 4.88. The lowest BCUT2D eigenvalue weighted by atomic mass is 10.1. The van der Waals surface area contributed by atoms with Crippen LogP contribution >= 0.6 is 0 Å². The van der Waals surface area contributed by atoms with E-state index in [1.54, 1.807) is 18.0 Å². The molecule has 0 amide bonds. The normalized spacial score (nSPS) is 10.1. The predicted molar refractivity (Wildman–Crippen MR) is 60.6 cm³/mol. The number of carbonyl (C=O) groups is 1. The van der Waals surface area contributed by atoms with E-state index in [-0.39, 0.29) is 0 Å². The zero-order valence-corrected chi connectivity index (χ0v) is 9.18. The van der Waals surface area contributed by atoms with Crippen LogP contribution < -0.4 is 4.74 Å². The molecule has 0 bridgehead atoms. The molecule has 82 valence electrons. The molecule has 16 heavy (non-hydrogen) atoms. The highest BCUT2D eigenvalue weighted by Gasteiger charge is 2.10. The van der Waals surface area contributed by atoms with Gasteiger partial charge in [0.1, 0.15) is 5.75 Å². The number of aldehydes is 1. The molecule has 0 N–H and O–H groups in total. The largest absolute Gasteiger partial charge is 0.497 e. The summed E-state index contributed by atoms with van der Waals surface area (Å²) in [5.41, 5.74) is 2.30. The number of hydrogen-bond acceptors (Lipinski definition) is 3. The fourth-order valence-electron chi connectivity index (χ4n) is 1.66. The van der Waals surface area contributed by atoms with Gasteiger partial charge in [0.25, 0.3) is 0 Å². The lowest BCUT2D eigenvalue weighted by Gasteiger charge is -2.05. The van der Waals surface area contributed by atoms with Crippen molar-refractivity contribution in [2.45, 2.75) is 0 Å². The molecule has 1 aromatic carbocycles. The van der Waals surface area contributed by atoms with Crippen molar-refractivity contribution < 1.29 is 9.53 Å². The Balaban J connectivity index is 2.57. The van der Waals surface area contributed by atoms with Crippen LogP contribution in [0.4, 0.5) is 0 Å². The Morgan fingerprint density at radius 3 is 2.94 bits per heavy atom. The number of rotatable bonds is 3. The minimum Gasteiger partial charge on any atom is -0.497 e. The Labute approximate surface area is 93.5 Å². The highest BCUT2D eigenvalue weighted by molar-refractivity contribution is 5.85. The van der Waals surface area contributed by atoms with Crippen LogP contribution in [-0.2, 0) is 7.05 Å². The molecule has 1 heterocycles. The van der Waals surface area contributed by atoms with Crippen LogP contribution in [0.15, 0.2) is 30.5 Å². The summed E-state index contributed by atoms with van der Waals surface area (Å²) in [6, 6.07) is 7.55. The summed E-state index contributed by atoms with van der Waals surface area (Å²) < 4.78 is 6.83. The highest BCUT2D eigenvalue weighted by Crippen LogP contribution is 2.25. The molecular formula is C12H12N2O2. The molecule has 1 aromatic heterocycles.